The zero-order valence-electron chi connectivity index (χ0n) is 19.4. The molecule has 12 heteroatoms. The maximum atomic E-state index is 13.3. The summed E-state index contributed by atoms with van der Waals surface area (Å²) in [7, 11) is -7.58. The Morgan fingerprint density at radius 1 is 0.971 bits per heavy atom. The van der Waals surface area contributed by atoms with Crippen LogP contribution >= 0.6 is 30.8 Å². The molecule has 2 aromatic rings. The molecule has 8 nitrogen and oxygen atoms in total. The van der Waals surface area contributed by atoms with Crippen molar-refractivity contribution in [1.82, 2.24) is 0 Å². The SMILES string of the molecule is CCOP(=O)(OCC)C(CC(C)C)C(=O)Nc1ccc(NS(=O)(=O)c2ccc(Cl)c(Cl)c2)cc1. The summed E-state index contributed by atoms with van der Waals surface area (Å²) in [5, 5.41) is 3.09. The quantitative estimate of drug-likeness (QED) is 0.295. The summed E-state index contributed by atoms with van der Waals surface area (Å²) >= 11 is 11.8. The molecule has 2 aromatic carbocycles. The molecule has 2 rings (SSSR count). The third kappa shape index (κ3) is 7.70. The summed E-state index contributed by atoms with van der Waals surface area (Å²) in [5.74, 6) is -0.425. The van der Waals surface area contributed by atoms with Gasteiger partial charge >= 0.3 is 7.60 Å². The van der Waals surface area contributed by atoms with E-state index in [2.05, 4.69) is 10.0 Å². The average molecular weight is 551 g/mol. The van der Waals surface area contributed by atoms with Crippen molar-refractivity contribution in [3.63, 3.8) is 0 Å². The normalized spacial score (nSPS) is 13.0. The molecule has 0 fully saturated rings. The summed E-state index contributed by atoms with van der Waals surface area (Å²) in [6, 6.07) is 10.0. The Hall–Kier alpha value is -1.61. The number of amides is 1. The number of hydrogen-bond acceptors (Lipinski definition) is 6. The molecule has 0 aliphatic heterocycles. The second-order valence-electron chi connectivity index (χ2n) is 7.77. The Kier molecular flexibility index (Phi) is 10.4. The number of sulfonamides is 1. The van der Waals surface area contributed by atoms with Gasteiger partial charge in [0.05, 0.1) is 28.2 Å². The molecule has 0 aliphatic rings. The standard InChI is InChI=1S/C22H29Cl2N2O6PS/c1-5-31-33(28,32-6-2)21(13-15(3)4)22(27)25-16-7-9-17(10-8-16)26-34(29,30)18-11-12-19(23)20(24)14-18/h7-12,14-15,21,26H,5-6,13H2,1-4H3,(H,25,27). The van der Waals surface area contributed by atoms with Gasteiger partial charge in [-0.1, -0.05) is 37.0 Å². The van der Waals surface area contributed by atoms with E-state index >= 15 is 0 Å². The van der Waals surface area contributed by atoms with Crippen LogP contribution in [0.3, 0.4) is 0 Å². The van der Waals surface area contributed by atoms with Gasteiger partial charge in [0.2, 0.25) is 5.91 Å². The number of benzene rings is 2. The van der Waals surface area contributed by atoms with Gasteiger partial charge in [0.15, 0.2) is 0 Å². The molecule has 1 amide bonds. The van der Waals surface area contributed by atoms with Crippen LogP contribution in [0.25, 0.3) is 0 Å². The maximum absolute atomic E-state index is 13.3. The average Bonchev–Trinajstić information content (AvgIpc) is 2.75. The molecule has 2 N–H and O–H groups in total. The second kappa shape index (κ2) is 12.4. The number of rotatable bonds is 12. The van der Waals surface area contributed by atoms with Crippen LogP contribution in [0.5, 0.6) is 0 Å². The molecule has 188 valence electrons. The minimum Gasteiger partial charge on any atom is -0.325 e. The highest BCUT2D eigenvalue weighted by Gasteiger charge is 2.41. The van der Waals surface area contributed by atoms with E-state index in [1.165, 1.54) is 42.5 Å². The lowest BCUT2D eigenvalue weighted by Crippen LogP contribution is -2.31. The van der Waals surface area contributed by atoms with Gasteiger partial charge in [-0.3, -0.25) is 14.1 Å². The van der Waals surface area contributed by atoms with Crippen molar-refractivity contribution >= 4 is 58.1 Å². The molecule has 34 heavy (non-hydrogen) atoms. The monoisotopic (exact) mass is 550 g/mol. The van der Waals surface area contributed by atoms with Crippen LogP contribution in [0.15, 0.2) is 47.4 Å². The Balaban J connectivity index is 2.18. The molecule has 0 saturated carbocycles. The number of carbonyl (C=O) groups excluding carboxylic acids is 1. The predicted octanol–water partition coefficient (Wildman–Crippen LogP) is 6.41. The molecule has 0 saturated heterocycles. The first-order chi connectivity index (χ1) is 15.9. The minimum absolute atomic E-state index is 0.0431. The van der Waals surface area contributed by atoms with Crippen LogP contribution < -0.4 is 10.0 Å². The van der Waals surface area contributed by atoms with E-state index in [1.54, 1.807) is 13.8 Å². The molecule has 0 aromatic heterocycles. The van der Waals surface area contributed by atoms with Crippen molar-refractivity contribution in [1.29, 1.82) is 0 Å². The van der Waals surface area contributed by atoms with Crippen LogP contribution in [0, 0.1) is 5.92 Å². The fourth-order valence-electron chi connectivity index (χ4n) is 3.11. The van der Waals surface area contributed by atoms with Gasteiger partial charge in [-0.15, -0.1) is 0 Å². The maximum Gasteiger partial charge on any atom is 0.343 e. The zero-order valence-corrected chi connectivity index (χ0v) is 22.6. The van der Waals surface area contributed by atoms with Crippen LogP contribution in [0.4, 0.5) is 11.4 Å². The lowest BCUT2D eigenvalue weighted by Gasteiger charge is -2.26. The first kappa shape index (κ1) is 28.6. The fourth-order valence-corrected chi connectivity index (χ4v) is 6.74. The number of nitrogens with one attached hydrogen (secondary N) is 2. The number of halogens is 2. The predicted molar refractivity (Wildman–Crippen MR) is 136 cm³/mol. The summed E-state index contributed by atoms with van der Waals surface area (Å²) in [4.78, 5) is 13.0. The van der Waals surface area contributed by atoms with Crippen molar-refractivity contribution in [3.05, 3.63) is 52.5 Å². The van der Waals surface area contributed by atoms with Gasteiger partial charge in [-0.05, 0) is 68.7 Å². The van der Waals surface area contributed by atoms with E-state index in [9.17, 15) is 17.8 Å². The van der Waals surface area contributed by atoms with Gasteiger partial charge < -0.3 is 14.4 Å². The van der Waals surface area contributed by atoms with Crippen molar-refractivity contribution in [3.8, 4) is 0 Å². The Labute approximate surface area is 210 Å². The van der Waals surface area contributed by atoms with E-state index in [4.69, 9.17) is 32.2 Å². The van der Waals surface area contributed by atoms with Crippen LogP contribution in [-0.2, 0) is 28.4 Å². The number of hydrogen-bond donors (Lipinski definition) is 2. The second-order valence-corrected chi connectivity index (χ2v) is 12.5. The van der Waals surface area contributed by atoms with E-state index in [-0.39, 0.29) is 39.8 Å². The largest absolute Gasteiger partial charge is 0.343 e. The Morgan fingerprint density at radius 2 is 1.53 bits per heavy atom. The summed E-state index contributed by atoms with van der Waals surface area (Å²) in [6.07, 6.45) is 0.310. The summed E-state index contributed by atoms with van der Waals surface area (Å²) in [5.41, 5.74) is -0.312. The fraction of sp³-hybridized carbons (Fsp3) is 0.409. The highest BCUT2D eigenvalue weighted by atomic mass is 35.5. The number of carbonyl (C=O) groups is 1. The van der Waals surface area contributed by atoms with Gasteiger partial charge in [0.25, 0.3) is 10.0 Å². The molecule has 0 heterocycles. The lowest BCUT2D eigenvalue weighted by molar-refractivity contribution is -0.116. The topological polar surface area (TPSA) is 111 Å². The molecular weight excluding hydrogens is 522 g/mol. The third-order valence-corrected chi connectivity index (χ3v) is 9.17. The van der Waals surface area contributed by atoms with E-state index < -0.39 is 29.2 Å². The molecular formula is C22H29Cl2N2O6PS. The molecule has 0 radical (unpaired) electrons. The van der Waals surface area contributed by atoms with Crippen molar-refractivity contribution < 1.29 is 26.8 Å². The molecule has 0 bridgehead atoms. The first-order valence-corrected chi connectivity index (χ1v) is 14.5. The summed E-state index contributed by atoms with van der Waals surface area (Å²) < 4.78 is 51.7. The van der Waals surface area contributed by atoms with Crippen LogP contribution in [0.1, 0.15) is 34.1 Å². The smallest absolute Gasteiger partial charge is 0.325 e. The van der Waals surface area contributed by atoms with Crippen molar-refractivity contribution in [2.75, 3.05) is 23.3 Å². The highest BCUT2D eigenvalue weighted by molar-refractivity contribution is 7.92. The zero-order chi connectivity index (χ0) is 25.5. The minimum atomic E-state index is -3.90. The number of anilines is 2. The van der Waals surface area contributed by atoms with Crippen molar-refractivity contribution in [2.24, 2.45) is 5.92 Å². The highest BCUT2D eigenvalue weighted by Crippen LogP contribution is 2.55. The summed E-state index contributed by atoms with van der Waals surface area (Å²) in [6.45, 7) is 7.50. The van der Waals surface area contributed by atoms with E-state index in [0.29, 0.717) is 12.1 Å². The van der Waals surface area contributed by atoms with Crippen LogP contribution in [0.2, 0.25) is 10.0 Å². The van der Waals surface area contributed by atoms with Gasteiger partial charge in [-0.25, -0.2) is 8.42 Å². The molecule has 0 aliphatic carbocycles. The van der Waals surface area contributed by atoms with Crippen LogP contribution in [-0.4, -0.2) is 33.2 Å². The van der Waals surface area contributed by atoms with Gasteiger partial charge in [0, 0.05) is 11.4 Å². The van der Waals surface area contributed by atoms with Gasteiger partial charge in [0.1, 0.15) is 5.66 Å². The molecule has 1 atom stereocenters. The Bertz CT molecular complexity index is 1130. The van der Waals surface area contributed by atoms with Crippen molar-refractivity contribution in [2.45, 2.75) is 44.7 Å². The Morgan fingerprint density at radius 3 is 2.03 bits per heavy atom. The lowest BCUT2D eigenvalue weighted by atomic mass is 10.1. The first-order valence-electron chi connectivity index (χ1n) is 10.7. The van der Waals surface area contributed by atoms with E-state index in [0.717, 1.165) is 0 Å². The van der Waals surface area contributed by atoms with Gasteiger partial charge in [-0.2, -0.15) is 0 Å². The molecule has 1 unspecified atom stereocenters. The van der Waals surface area contributed by atoms with E-state index in [1.807, 2.05) is 13.8 Å². The molecule has 0 spiro atoms. The third-order valence-electron chi connectivity index (χ3n) is 4.60.